The molecule has 0 spiro atoms. The zero-order valence-corrected chi connectivity index (χ0v) is 10.6. The van der Waals surface area contributed by atoms with Gasteiger partial charge in [-0.25, -0.2) is 0 Å². The van der Waals surface area contributed by atoms with E-state index in [9.17, 15) is 18.0 Å². The van der Waals surface area contributed by atoms with Crippen LogP contribution in [-0.4, -0.2) is 35.6 Å². The largest absolute Gasteiger partial charge is 0.406 e. The molecule has 0 aliphatic rings. The van der Waals surface area contributed by atoms with Crippen molar-refractivity contribution in [1.29, 1.82) is 0 Å². The number of amides is 1. The number of terminal acetylenes is 1. The van der Waals surface area contributed by atoms with Crippen molar-refractivity contribution in [3.63, 3.8) is 0 Å². The number of hydrogen-bond donors (Lipinski definition) is 1. The Labute approximate surface area is 106 Å². The predicted octanol–water partition coefficient (Wildman–Crippen LogP) is 1.92. The second-order valence-corrected chi connectivity index (χ2v) is 4.07. The minimum absolute atomic E-state index is 0.0622. The standard InChI is InChI=1S/C12H19F3N2O/c1-4-7-10(16)11(18)17(8-12(13,14)15)9(5-2)6-3/h1,9-10H,5-8,16H2,2-3H3. The molecule has 104 valence electrons. The molecule has 1 unspecified atom stereocenters. The number of hydrogen-bond acceptors (Lipinski definition) is 2. The molecule has 0 aliphatic heterocycles. The maximum atomic E-state index is 12.5. The number of nitrogens with two attached hydrogens (primary N) is 1. The van der Waals surface area contributed by atoms with Crippen molar-refractivity contribution in [1.82, 2.24) is 4.90 Å². The van der Waals surface area contributed by atoms with Crippen LogP contribution in [0.3, 0.4) is 0 Å². The van der Waals surface area contributed by atoms with Crippen molar-refractivity contribution in [2.24, 2.45) is 5.73 Å². The zero-order valence-electron chi connectivity index (χ0n) is 10.6. The summed E-state index contributed by atoms with van der Waals surface area (Å²) >= 11 is 0. The molecule has 18 heavy (non-hydrogen) atoms. The molecular formula is C12H19F3N2O. The molecule has 6 heteroatoms. The van der Waals surface area contributed by atoms with Gasteiger partial charge in [-0.05, 0) is 12.8 Å². The molecule has 0 radical (unpaired) electrons. The molecule has 0 heterocycles. The zero-order chi connectivity index (χ0) is 14.3. The van der Waals surface area contributed by atoms with Gasteiger partial charge in [0.25, 0.3) is 0 Å². The first-order valence-electron chi connectivity index (χ1n) is 5.83. The number of carbonyl (C=O) groups excluding carboxylic acids is 1. The second kappa shape index (κ2) is 7.27. The highest BCUT2D eigenvalue weighted by molar-refractivity contribution is 5.82. The smallest absolute Gasteiger partial charge is 0.329 e. The number of alkyl halides is 3. The van der Waals surface area contributed by atoms with Crippen molar-refractivity contribution in [3.8, 4) is 12.3 Å². The Morgan fingerprint density at radius 3 is 2.22 bits per heavy atom. The first-order chi connectivity index (χ1) is 8.26. The monoisotopic (exact) mass is 264 g/mol. The van der Waals surface area contributed by atoms with Gasteiger partial charge < -0.3 is 10.6 Å². The van der Waals surface area contributed by atoms with Gasteiger partial charge in [0.15, 0.2) is 0 Å². The summed E-state index contributed by atoms with van der Waals surface area (Å²) in [5.41, 5.74) is 5.49. The Morgan fingerprint density at radius 2 is 1.89 bits per heavy atom. The van der Waals surface area contributed by atoms with Crippen molar-refractivity contribution in [2.45, 2.75) is 51.4 Å². The molecule has 0 rings (SSSR count). The average Bonchev–Trinajstić information content (AvgIpc) is 2.27. The molecule has 0 saturated heterocycles. The number of rotatable bonds is 6. The predicted molar refractivity (Wildman–Crippen MR) is 63.6 cm³/mol. The molecular weight excluding hydrogens is 245 g/mol. The first kappa shape index (κ1) is 16.8. The van der Waals surface area contributed by atoms with Gasteiger partial charge in [-0.2, -0.15) is 13.2 Å². The minimum Gasteiger partial charge on any atom is -0.329 e. The fourth-order valence-electron chi connectivity index (χ4n) is 1.74. The third-order valence-corrected chi connectivity index (χ3v) is 2.67. The van der Waals surface area contributed by atoms with Gasteiger partial charge in [0, 0.05) is 12.5 Å². The molecule has 2 N–H and O–H groups in total. The normalized spacial score (nSPS) is 13.2. The lowest BCUT2D eigenvalue weighted by Crippen LogP contribution is -2.51. The SMILES string of the molecule is C#CCC(N)C(=O)N(CC(F)(F)F)C(CC)CC. The van der Waals surface area contributed by atoms with E-state index >= 15 is 0 Å². The number of halogens is 3. The van der Waals surface area contributed by atoms with E-state index in [1.165, 1.54) is 0 Å². The van der Waals surface area contributed by atoms with Crippen LogP contribution in [0.1, 0.15) is 33.1 Å². The molecule has 0 fully saturated rings. The Balaban J connectivity index is 4.97. The average molecular weight is 264 g/mol. The minimum atomic E-state index is -4.44. The van der Waals surface area contributed by atoms with Crippen molar-refractivity contribution < 1.29 is 18.0 Å². The van der Waals surface area contributed by atoms with Crippen LogP contribution in [0.2, 0.25) is 0 Å². The topological polar surface area (TPSA) is 46.3 Å². The van der Waals surface area contributed by atoms with Gasteiger partial charge in [0.05, 0.1) is 6.04 Å². The van der Waals surface area contributed by atoms with E-state index in [1.807, 2.05) is 0 Å². The van der Waals surface area contributed by atoms with Crippen LogP contribution >= 0.6 is 0 Å². The van der Waals surface area contributed by atoms with Crippen molar-refractivity contribution in [3.05, 3.63) is 0 Å². The third-order valence-electron chi connectivity index (χ3n) is 2.67. The summed E-state index contributed by atoms with van der Waals surface area (Å²) in [6, 6.07) is -1.54. The molecule has 1 amide bonds. The summed E-state index contributed by atoms with van der Waals surface area (Å²) in [6.45, 7) is 2.19. The van der Waals surface area contributed by atoms with Gasteiger partial charge in [-0.1, -0.05) is 13.8 Å². The molecule has 0 aromatic heterocycles. The van der Waals surface area contributed by atoms with E-state index in [0.29, 0.717) is 12.8 Å². The third kappa shape index (κ3) is 5.41. The van der Waals surface area contributed by atoms with Gasteiger partial charge in [-0.3, -0.25) is 4.79 Å². The van der Waals surface area contributed by atoms with Crippen molar-refractivity contribution >= 4 is 5.91 Å². The Kier molecular flexibility index (Phi) is 6.77. The van der Waals surface area contributed by atoms with E-state index in [1.54, 1.807) is 13.8 Å². The highest BCUT2D eigenvalue weighted by Crippen LogP contribution is 2.21. The lowest BCUT2D eigenvalue weighted by Gasteiger charge is -2.32. The second-order valence-electron chi connectivity index (χ2n) is 4.07. The molecule has 3 nitrogen and oxygen atoms in total. The van der Waals surface area contributed by atoms with Gasteiger partial charge in [-0.15, -0.1) is 12.3 Å². The van der Waals surface area contributed by atoms with Gasteiger partial charge >= 0.3 is 6.18 Å². The quantitative estimate of drug-likeness (QED) is 0.745. The lowest BCUT2D eigenvalue weighted by atomic mass is 10.1. The van der Waals surface area contributed by atoms with Gasteiger partial charge in [0.1, 0.15) is 6.54 Å². The summed E-state index contributed by atoms with van der Waals surface area (Å²) in [6.07, 6.45) is 1.41. The van der Waals surface area contributed by atoms with Crippen LogP contribution in [0, 0.1) is 12.3 Å². The fourth-order valence-corrected chi connectivity index (χ4v) is 1.74. The fraction of sp³-hybridized carbons (Fsp3) is 0.750. The summed E-state index contributed by atoms with van der Waals surface area (Å²) in [5, 5.41) is 0. The molecule has 0 aromatic rings. The Bertz CT molecular complexity index is 305. The van der Waals surface area contributed by atoms with Crippen LogP contribution in [-0.2, 0) is 4.79 Å². The van der Waals surface area contributed by atoms with E-state index in [2.05, 4.69) is 5.92 Å². The molecule has 0 saturated carbocycles. The van der Waals surface area contributed by atoms with Crippen LogP contribution in [0.15, 0.2) is 0 Å². The van der Waals surface area contributed by atoms with Gasteiger partial charge in [0.2, 0.25) is 5.91 Å². The molecule has 0 aliphatic carbocycles. The van der Waals surface area contributed by atoms with Crippen LogP contribution in [0.4, 0.5) is 13.2 Å². The highest BCUT2D eigenvalue weighted by Gasteiger charge is 2.36. The Hall–Kier alpha value is -1.22. The number of carbonyl (C=O) groups is 1. The van der Waals surface area contributed by atoms with E-state index in [4.69, 9.17) is 12.2 Å². The van der Waals surface area contributed by atoms with Crippen LogP contribution in [0.5, 0.6) is 0 Å². The Morgan fingerprint density at radius 1 is 1.39 bits per heavy atom. The summed E-state index contributed by atoms with van der Waals surface area (Å²) in [5.74, 6) is 1.45. The molecule has 0 aromatic carbocycles. The van der Waals surface area contributed by atoms with E-state index < -0.39 is 30.7 Å². The summed E-state index contributed by atoms with van der Waals surface area (Å²) in [4.78, 5) is 12.7. The van der Waals surface area contributed by atoms with Crippen LogP contribution < -0.4 is 5.73 Å². The number of nitrogens with zero attached hydrogens (tertiary/aromatic N) is 1. The summed E-state index contributed by atoms with van der Waals surface area (Å²) < 4.78 is 37.4. The molecule has 0 bridgehead atoms. The first-order valence-corrected chi connectivity index (χ1v) is 5.83. The highest BCUT2D eigenvalue weighted by atomic mass is 19.4. The molecule has 1 atom stereocenters. The lowest BCUT2D eigenvalue weighted by molar-refractivity contribution is -0.166. The van der Waals surface area contributed by atoms with Crippen molar-refractivity contribution in [2.75, 3.05) is 6.54 Å². The van der Waals surface area contributed by atoms with E-state index in [0.717, 1.165) is 4.90 Å². The van der Waals surface area contributed by atoms with E-state index in [-0.39, 0.29) is 6.42 Å². The maximum Gasteiger partial charge on any atom is 0.406 e. The maximum absolute atomic E-state index is 12.5. The van der Waals surface area contributed by atoms with Crippen LogP contribution in [0.25, 0.3) is 0 Å². The summed E-state index contributed by atoms with van der Waals surface area (Å²) in [7, 11) is 0.